The van der Waals surface area contributed by atoms with Crippen molar-refractivity contribution in [3.63, 3.8) is 0 Å². The van der Waals surface area contributed by atoms with Crippen molar-refractivity contribution < 1.29 is 24.8 Å². The number of rotatable bonds is 1. The van der Waals surface area contributed by atoms with Gasteiger partial charge in [0.15, 0.2) is 11.5 Å². The first kappa shape index (κ1) is 14.7. The van der Waals surface area contributed by atoms with Gasteiger partial charge in [-0.15, -0.1) is 0 Å². The molecule has 2 aliphatic carbocycles. The van der Waals surface area contributed by atoms with Crippen molar-refractivity contribution in [2.75, 3.05) is 20.7 Å². The molecule has 0 radical (unpaired) electrons. The molecule has 4 atom stereocenters. The molecule has 1 spiro atoms. The third kappa shape index (κ3) is 1.32. The Labute approximate surface area is 139 Å². The number of piperidine rings is 1. The van der Waals surface area contributed by atoms with Crippen molar-refractivity contribution in [1.82, 2.24) is 4.90 Å². The molecule has 0 saturated carbocycles. The molecule has 0 aromatic heterocycles. The lowest BCUT2D eigenvalue weighted by atomic mass is 9.51. The third-order valence-electron chi connectivity index (χ3n) is 6.60. The topological polar surface area (TPSA) is 82.4 Å². The van der Waals surface area contributed by atoms with Crippen molar-refractivity contribution >= 4 is 0 Å². The highest BCUT2D eigenvalue weighted by atomic mass is 16.7. The molecule has 1 saturated heterocycles. The summed E-state index contributed by atoms with van der Waals surface area (Å²) < 4.78 is 11.3. The van der Waals surface area contributed by atoms with Crippen LogP contribution in [0.4, 0.5) is 0 Å². The number of ether oxygens (including phenoxy) is 2. The van der Waals surface area contributed by atoms with E-state index in [0.717, 1.165) is 24.1 Å². The zero-order chi connectivity index (χ0) is 16.9. The van der Waals surface area contributed by atoms with Crippen LogP contribution in [0.25, 0.3) is 0 Å². The Balaban J connectivity index is 1.88. The van der Waals surface area contributed by atoms with Crippen LogP contribution in [0.3, 0.4) is 0 Å². The number of hydrogen-bond acceptors (Lipinski definition) is 6. The number of hydrogen-bond donors (Lipinski definition) is 3. The number of likely N-dealkylation sites (N-methyl/N-ethyl adjacent to an activating group) is 1. The van der Waals surface area contributed by atoms with E-state index in [-0.39, 0.29) is 12.0 Å². The van der Waals surface area contributed by atoms with Crippen LogP contribution in [0.2, 0.25) is 0 Å². The molecule has 1 aromatic carbocycles. The summed E-state index contributed by atoms with van der Waals surface area (Å²) in [5, 5.41) is 32.6. The van der Waals surface area contributed by atoms with Crippen molar-refractivity contribution in [2.24, 2.45) is 5.92 Å². The van der Waals surface area contributed by atoms with E-state index in [2.05, 4.69) is 11.9 Å². The molecule has 3 N–H and O–H groups in total. The van der Waals surface area contributed by atoms with Gasteiger partial charge in [0, 0.05) is 17.5 Å². The van der Waals surface area contributed by atoms with E-state index in [0.29, 0.717) is 17.9 Å². The Morgan fingerprint density at radius 3 is 2.83 bits per heavy atom. The van der Waals surface area contributed by atoms with Gasteiger partial charge < -0.3 is 29.7 Å². The molecule has 2 aliphatic heterocycles. The van der Waals surface area contributed by atoms with E-state index >= 15 is 0 Å². The number of methoxy groups -OCH3 is 1. The molecule has 0 amide bonds. The molecular formula is C18H21NO5. The second kappa shape index (κ2) is 4.14. The van der Waals surface area contributed by atoms with E-state index in [1.807, 2.05) is 18.2 Å². The molecular weight excluding hydrogens is 310 g/mol. The Hall–Kier alpha value is -1.60. The summed E-state index contributed by atoms with van der Waals surface area (Å²) in [6.45, 7) is 0.757. The van der Waals surface area contributed by atoms with Crippen LogP contribution in [-0.4, -0.2) is 58.5 Å². The summed E-state index contributed by atoms with van der Waals surface area (Å²) in [4.78, 5) is 2.29. The van der Waals surface area contributed by atoms with Gasteiger partial charge in [-0.05, 0) is 44.1 Å². The molecule has 4 aliphatic rings. The van der Waals surface area contributed by atoms with Crippen LogP contribution >= 0.6 is 0 Å². The summed E-state index contributed by atoms with van der Waals surface area (Å²) in [7, 11) is 3.63. The predicted octanol–water partition coefficient (Wildman–Crippen LogP) is 0.141. The van der Waals surface area contributed by atoms with E-state index < -0.39 is 17.0 Å². The van der Waals surface area contributed by atoms with E-state index in [4.69, 9.17) is 9.47 Å². The highest BCUT2D eigenvalue weighted by molar-refractivity contribution is 5.63. The fourth-order valence-corrected chi connectivity index (χ4v) is 5.46. The van der Waals surface area contributed by atoms with Gasteiger partial charge in [-0.3, -0.25) is 0 Å². The second-order valence-electron chi connectivity index (χ2n) is 7.46. The fourth-order valence-electron chi connectivity index (χ4n) is 5.46. The number of benzene rings is 1. The quantitative estimate of drug-likeness (QED) is 0.502. The van der Waals surface area contributed by atoms with Crippen molar-refractivity contribution in [2.45, 2.75) is 35.9 Å². The predicted molar refractivity (Wildman–Crippen MR) is 84.8 cm³/mol. The van der Waals surface area contributed by atoms with Gasteiger partial charge in [0.2, 0.25) is 0 Å². The largest absolute Gasteiger partial charge is 0.493 e. The van der Waals surface area contributed by atoms with E-state index in [1.54, 1.807) is 7.11 Å². The maximum atomic E-state index is 11.4. The zero-order valence-electron chi connectivity index (χ0n) is 13.7. The van der Waals surface area contributed by atoms with Crippen LogP contribution in [0, 0.1) is 5.92 Å². The summed E-state index contributed by atoms with van der Waals surface area (Å²) in [6.07, 6.45) is 4.53. The molecule has 1 aromatic rings. The zero-order valence-corrected chi connectivity index (χ0v) is 13.7. The smallest absolute Gasteiger partial charge is 0.277 e. The van der Waals surface area contributed by atoms with Crippen LogP contribution in [0.5, 0.6) is 11.5 Å². The maximum absolute atomic E-state index is 11.4. The standard InChI is InChI=1S/C18H21NO5/c1-19-8-7-16-11-5-6-17(20,21)18(16,22)24-15-13(23-2)4-3-10(14(15)16)9-12(11)19/h3-6,11-12,20-22H,7-9H2,1-2H3/t11-,12+,16-,18+/m0/s1. The summed E-state index contributed by atoms with van der Waals surface area (Å²) >= 11 is 0. The third-order valence-corrected chi connectivity index (χ3v) is 6.60. The summed E-state index contributed by atoms with van der Waals surface area (Å²) in [6, 6.07) is 4.02. The molecule has 128 valence electrons. The van der Waals surface area contributed by atoms with Gasteiger partial charge >= 0.3 is 0 Å². The minimum atomic E-state index is -2.46. The van der Waals surface area contributed by atoms with Gasteiger partial charge in [0.1, 0.15) is 0 Å². The van der Waals surface area contributed by atoms with Gasteiger partial charge in [-0.25, -0.2) is 0 Å². The molecule has 6 nitrogen and oxygen atoms in total. The average molecular weight is 331 g/mol. The molecule has 1 fully saturated rings. The SMILES string of the molecule is COc1ccc2c3c1O[C@@]1(O)C(O)(O)C=C[C@H]4[C@@H](C2)N(C)CC[C@@]341. The monoisotopic (exact) mass is 331 g/mol. The lowest BCUT2D eigenvalue weighted by Crippen LogP contribution is -2.75. The minimum Gasteiger partial charge on any atom is -0.493 e. The summed E-state index contributed by atoms with van der Waals surface area (Å²) in [5.41, 5.74) is 1.09. The van der Waals surface area contributed by atoms with Crippen LogP contribution in [0.15, 0.2) is 24.3 Å². The lowest BCUT2D eigenvalue weighted by molar-refractivity contribution is -0.355. The normalized spacial score (nSPS) is 40.9. The molecule has 2 heterocycles. The van der Waals surface area contributed by atoms with Gasteiger partial charge in [-0.1, -0.05) is 12.1 Å². The first-order valence-electron chi connectivity index (χ1n) is 8.32. The van der Waals surface area contributed by atoms with Crippen LogP contribution in [-0.2, 0) is 11.8 Å². The highest BCUT2D eigenvalue weighted by Crippen LogP contribution is 2.67. The first-order valence-corrected chi connectivity index (χ1v) is 8.32. The molecule has 5 rings (SSSR count). The van der Waals surface area contributed by atoms with Crippen LogP contribution in [0.1, 0.15) is 17.5 Å². The number of aliphatic hydroxyl groups is 3. The fraction of sp³-hybridized carbons (Fsp3) is 0.556. The van der Waals surface area contributed by atoms with Gasteiger partial charge in [0.25, 0.3) is 11.6 Å². The number of likely N-dealkylation sites (tertiary alicyclic amines) is 1. The van der Waals surface area contributed by atoms with Crippen molar-refractivity contribution in [3.8, 4) is 11.5 Å². The average Bonchev–Trinajstić information content (AvgIpc) is 2.82. The van der Waals surface area contributed by atoms with Gasteiger partial charge in [-0.2, -0.15) is 0 Å². The molecule has 24 heavy (non-hydrogen) atoms. The Kier molecular flexibility index (Phi) is 2.54. The minimum absolute atomic E-state index is 0.0467. The molecule has 0 unspecified atom stereocenters. The summed E-state index contributed by atoms with van der Waals surface area (Å²) in [5.74, 6) is -3.66. The first-order chi connectivity index (χ1) is 11.4. The maximum Gasteiger partial charge on any atom is 0.277 e. The van der Waals surface area contributed by atoms with E-state index in [9.17, 15) is 15.3 Å². The highest BCUT2D eigenvalue weighted by Gasteiger charge is 2.76. The second-order valence-corrected chi connectivity index (χ2v) is 7.46. The Morgan fingerprint density at radius 2 is 2.08 bits per heavy atom. The van der Waals surface area contributed by atoms with Crippen molar-refractivity contribution in [1.29, 1.82) is 0 Å². The molecule has 2 bridgehead atoms. The lowest BCUT2D eigenvalue weighted by Gasteiger charge is -2.60. The van der Waals surface area contributed by atoms with Crippen LogP contribution < -0.4 is 9.47 Å². The number of nitrogens with zero attached hydrogens (tertiary/aromatic N) is 1. The Bertz CT molecular complexity index is 775. The Morgan fingerprint density at radius 1 is 1.29 bits per heavy atom. The molecule has 6 heteroatoms. The van der Waals surface area contributed by atoms with Gasteiger partial charge in [0.05, 0.1) is 12.5 Å². The van der Waals surface area contributed by atoms with Crippen molar-refractivity contribution in [3.05, 3.63) is 35.4 Å². The van der Waals surface area contributed by atoms with E-state index in [1.165, 1.54) is 6.08 Å².